The largest absolute Gasteiger partial charge is 0.349 e. The van der Waals surface area contributed by atoms with Crippen molar-refractivity contribution >= 4 is 39.3 Å². The number of thioether (sulfide) groups is 1. The van der Waals surface area contributed by atoms with E-state index in [1.807, 2.05) is 63.2 Å². The fourth-order valence-electron chi connectivity index (χ4n) is 3.92. The molecule has 0 aliphatic heterocycles. The van der Waals surface area contributed by atoms with Gasteiger partial charge in [-0.05, 0) is 48.7 Å². The molecule has 2 atom stereocenters. The molecular weight excluding hydrogens is 418 g/mol. The van der Waals surface area contributed by atoms with Crippen molar-refractivity contribution in [1.29, 1.82) is 0 Å². The van der Waals surface area contributed by atoms with Gasteiger partial charge < -0.3 is 5.32 Å². The highest BCUT2D eigenvalue weighted by atomic mass is 32.2. The molecule has 5 nitrogen and oxygen atoms in total. The molecule has 0 radical (unpaired) electrons. The molecule has 4 rings (SSSR count). The molecule has 1 amide bonds. The van der Waals surface area contributed by atoms with Gasteiger partial charge in [0.25, 0.3) is 5.56 Å². The molecule has 6 heteroatoms. The zero-order valence-corrected chi connectivity index (χ0v) is 19.4. The molecule has 0 aliphatic rings. The average Bonchev–Trinajstić information content (AvgIpc) is 2.82. The van der Waals surface area contributed by atoms with Crippen LogP contribution in [-0.2, 0) is 4.79 Å². The number of hydrogen-bond acceptors (Lipinski definition) is 4. The third-order valence-electron chi connectivity index (χ3n) is 5.81. The monoisotopic (exact) mass is 445 g/mol. The number of nitrogens with zero attached hydrogens (tertiary/aromatic N) is 2. The van der Waals surface area contributed by atoms with Gasteiger partial charge >= 0.3 is 0 Å². The van der Waals surface area contributed by atoms with Gasteiger partial charge in [0, 0.05) is 6.04 Å². The van der Waals surface area contributed by atoms with Gasteiger partial charge in [0.15, 0.2) is 5.16 Å². The Morgan fingerprint density at radius 2 is 1.69 bits per heavy atom. The Labute approximate surface area is 191 Å². The molecule has 1 aromatic heterocycles. The van der Waals surface area contributed by atoms with Crippen LogP contribution >= 0.6 is 11.8 Å². The van der Waals surface area contributed by atoms with E-state index in [9.17, 15) is 9.59 Å². The van der Waals surface area contributed by atoms with Crippen molar-refractivity contribution in [1.82, 2.24) is 14.9 Å². The van der Waals surface area contributed by atoms with Crippen molar-refractivity contribution in [2.75, 3.05) is 5.75 Å². The molecule has 1 N–H and O–H groups in total. The number of aromatic nitrogens is 2. The van der Waals surface area contributed by atoms with Crippen LogP contribution in [0.1, 0.15) is 44.8 Å². The standard InChI is InChI=1S/C26H27N3O2S/c1-4-17(2)29-25(31)22-13-7-8-15-23(22)28-26(29)32-16-24(30)27-18(3)20-14-9-11-19-10-5-6-12-21(19)20/h5-15,17-18H,4,16H2,1-3H3,(H,27,30)/t17-,18-/m1/s1. The Bertz CT molecular complexity index is 1330. The molecule has 4 aromatic rings. The maximum atomic E-state index is 13.1. The van der Waals surface area contributed by atoms with Gasteiger partial charge in [-0.3, -0.25) is 14.2 Å². The fraction of sp³-hybridized carbons (Fsp3) is 0.269. The normalized spacial score (nSPS) is 13.2. The Kier molecular flexibility index (Phi) is 6.61. The first-order valence-corrected chi connectivity index (χ1v) is 11.9. The number of nitrogens with one attached hydrogen (secondary N) is 1. The van der Waals surface area contributed by atoms with Crippen molar-refractivity contribution < 1.29 is 4.79 Å². The Balaban J connectivity index is 1.54. The molecule has 1 heterocycles. The first kappa shape index (κ1) is 22.1. The minimum Gasteiger partial charge on any atom is -0.349 e. The smallest absolute Gasteiger partial charge is 0.262 e. The third kappa shape index (κ3) is 4.41. The number of fused-ring (bicyclic) bond motifs is 2. The van der Waals surface area contributed by atoms with Crippen molar-refractivity contribution in [3.63, 3.8) is 0 Å². The number of rotatable bonds is 7. The van der Waals surface area contributed by atoms with Gasteiger partial charge in [0.05, 0.1) is 22.7 Å². The molecule has 0 unspecified atom stereocenters. The lowest BCUT2D eigenvalue weighted by atomic mass is 10.00. The van der Waals surface area contributed by atoms with Crippen LogP contribution in [0.4, 0.5) is 0 Å². The highest BCUT2D eigenvalue weighted by Crippen LogP contribution is 2.25. The molecule has 0 saturated heterocycles. The lowest BCUT2D eigenvalue weighted by Gasteiger charge is -2.19. The van der Waals surface area contributed by atoms with Crippen molar-refractivity contribution in [2.24, 2.45) is 0 Å². The fourth-order valence-corrected chi connectivity index (χ4v) is 4.83. The topological polar surface area (TPSA) is 64.0 Å². The van der Waals surface area contributed by atoms with Gasteiger partial charge in [0.2, 0.25) is 5.91 Å². The van der Waals surface area contributed by atoms with E-state index >= 15 is 0 Å². The van der Waals surface area contributed by atoms with Crippen LogP contribution in [0.15, 0.2) is 76.7 Å². The predicted octanol–water partition coefficient (Wildman–Crippen LogP) is 5.49. The Morgan fingerprint density at radius 1 is 1.00 bits per heavy atom. The number of hydrogen-bond donors (Lipinski definition) is 1. The van der Waals surface area contributed by atoms with Crippen molar-refractivity contribution in [3.05, 3.63) is 82.6 Å². The zero-order valence-electron chi connectivity index (χ0n) is 18.5. The highest BCUT2D eigenvalue weighted by Gasteiger charge is 2.18. The Morgan fingerprint density at radius 3 is 2.47 bits per heavy atom. The van der Waals surface area contributed by atoms with Crippen LogP contribution in [0, 0.1) is 0 Å². The molecule has 0 fully saturated rings. The van der Waals surface area contributed by atoms with Crippen LogP contribution in [0.5, 0.6) is 0 Å². The lowest BCUT2D eigenvalue weighted by molar-refractivity contribution is -0.119. The predicted molar refractivity (Wildman–Crippen MR) is 132 cm³/mol. The molecule has 0 aliphatic carbocycles. The third-order valence-corrected chi connectivity index (χ3v) is 6.76. The first-order valence-electron chi connectivity index (χ1n) is 10.9. The van der Waals surface area contributed by atoms with Gasteiger partial charge in [-0.2, -0.15) is 0 Å². The number of benzene rings is 3. The summed E-state index contributed by atoms with van der Waals surface area (Å²) in [6.07, 6.45) is 0.803. The summed E-state index contributed by atoms with van der Waals surface area (Å²) in [5.41, 5.74) is 1.68. The van der Waals surface area contributed by atoms with E-state index in [1.165, 1.54) is 11.8 Å². The van der Waals surface area contributed by atoms with Gasteiger partial charge in [-0.1, -0.05) is 73.3 Å². The summed E-state index contributed by atoms with van der Waals surface area (Å²) in [4.78, 5) is 30.6. The first-order chi connectivity index (χ1) is 15.5. The summed E-state index contributed by atoms with van der Waals surface area (Å²) in [5.74, 6) is 0.101. The number of carbonyl (C=O) groups excluding carboxylic acids is 1. The molecule has 0 bridgehead atoms. The van der Waals surface area contributed by atoms with E-state index in [1.54, 1.807) is 10.6 Å². The van der Waals surface area contributed by atoms with Crippen LogP contribution in [0.3, 0.4) is 0 Å². The molecule has 0 saturated carbocycles. The van der Waals surface area contributed by atoms with Crippen molar-refractivity contribution in [3.8, 4) is 0 Å². The van der Waals surface area contributed by atoms with Crippen LogP contribution in [0.2, 0.25) is 0 Å². The zero-order chi connectivity index (χ0) is 22.7. The van der Waals surface area contributed by atoms with E-state index in [2.05, 4.69) is 23.5 Å². The Hall–Kier alpha value is -3.12. The van der Waals surface area contributed by atoms with Gasteiger partial charge in [0.1, 0.15) is 0 Å². The van der Waals surface area contributed by atoms with Gasteiger partial charge in [-0.15, -0.1) is 0 Å². The summed E-state index contributed by atoms with van der Waals surface area (Å²) in [6, 6.07) is 21.5. The minimum absolute atomic E-state index is 0.000209. The van der Waals surface area contributed by atoms with Gasteiger partial charge in [-0.25, -0.2) is 4.98 Å². The number of amides is 1. The molecular formula is C26H27N3O2S. The number of para-hydroxylation sites is 1. The van der Waals surface area contributed by atoms with Crippen LogP contribution in [0.25, 0.3) is 21.7 Å². The van der Waals surface area contributed by atoms with Crippen LogP contribution < -0.4 is 10.9 Å². The summed E-state index contributed by atoms with van der Waals surface area (Å²) in [7, 11) is 0. The minimum atomic E-state index is -0.129. The summed E-state index contributed by atoms with van der Waals surface area (Å²) in [5, 5.41) is 6.57. The SMILES string of the molecule is CC[C@@H](C)n1c(SCC(=O)N[C@H](C)c2cccc3ccccc23)nc2ccccc2c1=O. The summed E-state index contributed by atoms with van der Waals surface area (Å²) >= 11 is 1.31. The molecule has 32 heavy (non-hydrogen) atoms. The average molecular weight is 446 g/mol. The van der Waals surface area contributed by atoms with Crippen LogP contribution in [-0.4, -0.2) is 21.2 Å². The quantitative estimate of drug-likeness (QED) is 0.302. The molecule has 3 aromatic carbocycles. The van der Waals surface area contributed by atoms with E-state index in [4.69, 9.17) is 4.98 Å². The highest BCUT2D eigenvalue weighted by molar-refractivity contribution is 7.99. The number of carbonyl (C=O) groups is 1. The van der Waals surface area contributed by atoms with E-state index < -0.39 is 0 Å². The molecule has 0 spiro atoms. The van der Waals surface area contributed by atoms with Crippen molar-refractivity contribution in [2.45, 2.75) is 44.4 Å². The summed E-state index contributed by atoms with van der Waals surface area (Å²) < 4.78 is 1.72. The maximum absolute atomic E-state index is 13.1. The second kappa shape index (κ2) is 9.57. The maximum Gasteiger partial charge on any atom is 0.262 e. The van der Waals surface area contributed by atoms with E-state index in [-0.39, 0.29) is 29.3 Å². The summed E-state index contributed by atoms with van der Waals surface area (Å²) in [6.45, 7) is 6.04. The lowest BCUT2D eigenvalue weighted by Crippen LogP contribution is -2.30. The van der Waals surface area contributed by atoms with E-state index in [0.29, 0.717) is 16.1 Å². The second-order valence-electron chi connectivity index (χ2n) is 7.99. The van der Waals surface area contributed by atoms with E-state index in [0.717, 1.165) is 22.8 Å². The molecule has 164 valence electrons. The second-order valence-corrected chi connectivity index (χ2v) is 8.93.